The normalized spacial score (nSPS) is 16.2. The molecule has 0 bridgehead atoms. The zero-order valence-corrected chi connectivity index (χ0v) is 22.8. The van der Waals surface area contributed by atoms with Crippen LogP contribution in [0.3, 0.4) is 0 Å². The number of nitrogens with one attached hydrogen (secondary N) is 2. The smallest absolute Gasteiger partial charge is 0.255 e. The van der Waals surface area contributed by atoms with Crippen molar-refractivity contribution >= 4 is 22.7 Å². The predicted octanol–water partition coefficient (Wildman–Crippen LogP) is 6.12. The SMILES string of the molecule is Cc1ccc(-c2[nH]c3ccccc3c2[C@H]2c3ccccc3C(=O)N2[C@H](C)C(=O)NCc2ccc3c(c2)OCO3)cc1. The van der Waals surface area contributed by atoms with Gasteiger partial charge in [0.2, 0.25) is 12.7 Å². The number of hydrogen-bond donors (Lipinski definition) is 2. The lowest BCUT2D eigenvalue weighted by molar-refractivity contribution is -0.125. The quantitative estimate of drug-likeness (QED) is 0.270. The minimum absolute atomic E-state index is 0.156. The molecule has 0 spiro atoms. The fourth-order valence-corrected chi connectivity index (χ4v) is 5.94. The maximum Gasteiger partial charge on any atom is 0.255 e. The van der Waals surface area contributed by atoms with Gasteiger partial charge in [0, 0.05) is 28.6 Å². The molecule has 4 aromatic carbocycles. The first-order chi connectivity index (χ1) is 20.0. The van der Waals surface area contributed by atoms with Crippen molar-refractivity contribution in [1.29, 1.82) is 0 Å². The topological polar surface area (TPSA) is 83.7 Å². The molecule has 2 aliphatic rings. The summed E-state index contributed by atoms with van der Waals surface area (Å²) in [4.78, 5) is 33.0. The van der Waals surface area contributed by atoms with Gasteiger partial charge in [-0.1, -0.05) is 72.3 Å². The molecule has 0 aliphatic carbocycles. The van der Waals surface area contributed by atoms with Gasteiger partial charge in [0.05, 0.1) is 11.7 Å². The van der Waals surface area contributed by atoms with Gasteiger partial charge in [-0.3, -0.25) is 9.59 Å². The summed E-state index contributed by atoms with van der Waals surface area (Å²) in [6.07, 6.45) is 0. The van der Waals surface area contributed by atoms with E-state index in [9.17, 15) is 9.59 Å². The molecule has 41 heavy (non-hydrogen) atoms. The lowest BCUT2D eigenvalue weighted by Gasteiger charge is -2.31. The maximum atomic E-state index is 14.0. The molecule has 1 aromatic heterocycles. The summed E-state index contributed by atoms with van der Waals surface area (Å²) < 4.78 is 10.9. The molecule has 3 heterocycles. The highest BCUT2D eigenvalue weighted by Crippen LogP contribution is 2.46. The highest BCUT2D eigenvalue weighted by atomic mass is 16.7. The number of aromatic nitrogens is 1. The molecule has 2 atom stereocenters. The van der Waals surface area contributed by atoms with E-state index >= 15 is 0 Å². The maximum absolute atomic E-state index is 14.0. The van der Waals surface area contributed by atoms with Crippen LogP contribution in [0.2, 0.25) is 0 Å². The molecule has 0 saturated heterocycles. The van der Waals surface area contributed by atoms with Crippen molar-refractivity contribution < 1.29 is 19.1 Å². The van der Waals surface area contributed by atoms with E-state index in [0.29, 0.717) is 23.6 Å². The predicted molar refractivity (Wildman–Crippen MR) is 157 cm³/mol. The number of carbonyl (C=O) groups is 2. The Kier molecular flexibility index (Phi) is 6.00. The van der Waals surface area contributed by atoms with Gasteiger partial charge in [-0.05, 0) is 54.8 Å². The molecule has 2 aliphatic heterocycles. The molecule has 204 valence electrons. The molecule has 7 heteroatoms. The first-order valence-corrected chi connectivity index (χ1v) is 13.7. The number of benzene rings is 4. The number of amides is 2. The number of ether oxygens (including phenoxy) is 2. The highest BCUT2D eigenvalue weighted by molar-refractivity contribution is 6.04. The lowest BCUT2D eigenvalue weighted by Crippen LogP contribution is -2.46. The number of H-pyrrole nitrogens is 1. The molecule has 5 aromatic rings. The van der Waals surface area contributed by atoms with Crippen LogP contribution in [0.5, 0.6) is 11.5 Å². The summed E-state index contributed by atoms with van der Waals surface area (Å²) in [7, 11) is 0. The summed E-state index contributed by atoms with van der Waals surface area (Å²) in [5.74, 6) is 0.972. The molecule has 0 unspecified atom stereocenters. The molecular formula is C34H29N3O4. The van der Waals surface area contributed by atoms with Gasteiger partial charge in [0.1, 0.15) is 6.04 Å². The van der Waals surface area contributed by atoms with Crippen LogP contribution in [0.25, 0.3) is 22.2 Å². The Hall–Kier alpha value is -5.04. The number of para-hydroxylation sites is 1. The minimum atomic E-state index is -0.728. The lowest BCUT2D eigenvalue weighted by atomic mass is 9.92. The molecule has 0 saturated carbocycles. The third-order valence-electron chi connectivity index (χ3n) is 8.06. The van der Waals surface area contributed by atoms with Gasteiger partial charge in [-0.25, -0.2) is 0 Å². The van der Waals surface area contributed by atoms with Gasteiger partial charge in [0.15, 0.2) is 11.5 Å². The zero-order chi connectivity index (χ0) is 28.1. The molecule has 2 amide bonds. The molecule has 7 rings (SSSR count). The van der Waals surface area contributed by atoms with Crippen LogP contribution in [0.4, 0.5) is 0 Å². The number of carbonyl (C=O) groups excluding carboxylic acids is 2. The summed E-state index contributed by atoms with van der Waals surface area (Å²) in [6.45, 7) is 4.36. The van der Waals surface area contributed by atoms with Crippen LogP contribution in [0.1, 0.15) is 45.6 Å². The van der Waals surface area contributed by atoms with E-state index in [0.717, 1.165) is 38.9 Å². The van der Waals surface area contributed by atoms with E-state index in [4.69, 9.17) is 9.47 Å². The molecule has 0 fully saturated rings. The van der Waals surface area contributed by atoms with Crippen molar-refractivity contribution in [3.63, 3.8) is 0 Å². The van der Waals surface area contributed by atoms with E-state index in [1.807, 2.05) is 60.7 Å². The average molecular weight is 544 g/mol. The van der Waals surface area contributed by atoms with Crippen LogP contribution in [0.15, 0.2) is 91.0 Å². The highest BCUT2D eigenvalue weighted by Gasteiger charge is 2.44. The first kappa shape index (κ1) is 25.0. The molecule has 7 nitrogen and oxygen atoms in total. The number of aromatic amines is 1. The third kappa shape index (κ3) is 4.21. The minimum Gasteiger partial charge on any atom is -0.454 e. The van der Waals surface area contributed by atoms with E-state index < -0.39 is 12.1 Å². The van der Waals surface area contributed by atoms with Crippen molar-refractivity contribution in [2.24, 2.45) is 0 Å². The Morgan fingerprint density at radius 1 is 0.976 bits per heavy atom. The van der Waals surface area contributed by atoms with Gasteiger partial charge >= 0.3 is 0 Å². The van der Waals surface area contributed by atoms with E-state index in [1.165, 1.54) is 5.56 Å². The second-order valence-electron chi connectivity index (χ2n) is 10.6. The molecule has 2 N–H and O–H groups in total. The Morgan fingerprint density at radius 3 is 2.59 bits per heavy atom. The number of nitrogens with zero attached hydrogens (tertiary/aromatic N) is 1. The summed E-state index contributed by atoms with van der Waals surface area (Å²) >= 11 is 0. The van der Waals surface area contributed by atoms with E-state index in [1.54, 1.807) is 11.8 Å². The third-order valence-corrected chi connectivity index (χ3v) is 8.06. The van der Waals surface area contributed by atoms with Crippen molar-refractivity contribution in [2.45, 2.75) is 32.5 Å². The van der Waals surface area contributed by atoms with Crippen LogP contribution in [-0.4, -0.2) is 34.5 Å². The molecular weight excluding hydrogens is 514 g/mol. The monoisotopic (exact) mass is 543 g/mol. The summed E-state index contributed by atoms with van der Waals surface area (Å²) in [5.41, 5.74) is 7.51. The van der Waals surface area contributed by atoms with Crippen LogP contribution < -0.4 is 14.8 Å². The van der Waals surface area contributed by atoms with Gasteiger partial charge < -0.3 is 24.7 Å². The average Bonchev–Trinajstić information content (AvgIpc) is 3.70. The van der Waals surface area contributed by atoms with Crippen molar-refractivity contribution in [2.75, 3.05) is 6.79 Å². The van der Waals surface area contributed by atoms with Crippen molar-refractivity contribution in [3.8, 4) is 22.8 Å². The van der Waals surface area contributed by atoms with Gasteiger partial charge in [-0.15, -0.1) is 0 Å². The first-order valence-electron chi connectivity index (χ1n) is 13.7. The second-order valence-corrected chi connectivity index (χ2v) is 10.6. The Labute approximate surface area is 237 Å². The Bertz CT molecular complexity index is 1810. The Morgan fingerprint density at radius 2 is 1.73 bits per heavy atom. The summed E-state index contributed by atoms with van der Waals surface area (Å²) in [6, 6.07) is 28.6. The largest absolute Gasteiger partial charge is 0.454 e. The fourth-order valence-electron chi connectivity index (χ4n) is 5.94. The van der Waals surface area contributed by atoms with Crippen molar-refractivity contribution in [3.05, 3.63) is 119 Å². The number of aryl methyl sites for hydroxylation is 1. The number of hydrogen-bond acceptors (Lipinski definition) is 4. The van der Waals surface area contributed by atoms with Crippen molar-refractivity contribution in [1.82, 2.24) is 15.2 Å². The standard InChI is InChI=1S/C34H29N3O4/c1-20-11-14-23(15-12-20)31-30(26-9-5-6-10-27(26)36-31)32-24-7-3-4-8-25(24)34(39)37(32)21(2)33(38)35-18-22-13-16-28-29(17-22)41-19-40-28/h3-17,21,32,36H,18-19H2,1-2H3,(H,35,38)/t21-,32-/m1/s1. The van der Waals surface area contributed by atoms with E-state index in [-0.39, 0.29) is 18.6 Å². The zero-order valence-electron chi connectivity index (χ0n) is 22.8. The number of fused-ring (bicyclic) bond motifs is 3. The number of rotatable bonds is 6. The summed E-state index contributed by atoms with van der Waals surface area (Å²) in [5, 5.41) is 4.06. The van der Waals surface area contributed by atoms with E-state index in [2.05, 4.69) is 47.6 Å². The van der Waals surface area contributed by atoms with Crippen LogP contribution in [0, 0.1) is 6.92 Å². The van der Waals surface area contributed by atoms with Crippen LogP contribution in [-0.2, 0) is 11.3 Å². The van der Waals surface area contributed by atoms with Crippen LogP contribution >= 0.6 is 0 Å². The Balaban J connectivity index is 1.28. The van der Waals surface area contributed by atoms with Gasteiger partial charge in [0.25, 0.3) is 5.91 Å². The second kappa shape index (κ2) is 9.86. The fraction of sp³-hybridized carbons (Fsp3) is 0.176. The van der Waals surface area contributed by atoms with Gasteiger partial charge in [-0.2, -0.15) is 0 Å². The molecule has 0 radical (unpaired) electrons.